The van der Waals surface area contributed by atoms with E-state index in [9.17, 15) is 4.79 Å². The van der Waals surface area contributed by atoms with Gasteiger partial charge >= 0.3 is 0 Å². The van der Waals surface area contributed by atoms with Crippen molar-refractivity contribution < 1.29 is 9.21 Å². The highest BCUT2D eigenvalue weighted by molar-refractivity contribution is 9.10. The Morgan fingerprint density at radius 2 is 2.00 bits per heavy atom. The molecule has 0 saturated carbocycles. The number of rotatable bonds is 3. The lowest BCUT2D eigenvalue weighted by atomic mass is 10.1. The van der Waals surface area contributed by atoms with Gasteiger partial charge in [-0.2, -0.15) is 0 Å². The molecular formula is C16H13BrO2. The molecule has 0 aliphatic heterocycles. The summed E-state index contributed by atoms with van der Waals surface area (Å²) in [5.74, 6) is 0.516. The number of Topliss-reactive ketones (excluding diaryl/α,β-unsaturated/α-hetero) is 1. The predicted octanol–water partition coefficient (Wildman–Crippen LogP) is 5.33. The summed E-state index contributed by atoms with van der Waals surface area (Å²) in [6.45, 7) is 1.99. The van der Waals surface area contributed by atoms with Crippen molar-refractivity contribution in [1.82, 2.24) is 0 Å². The average Bonchev–Trinajstić information content (AvgIpc) is 2.84. The number of carbonyl (C=O) groups is 1. The summed E-state index contributed by atoms with van der Waals surface area (Å²) in [6, 6.07) is 12.0. The first-order valence-electron chi connectivity index (χ1n) is 6.34. The molecule has 1 aromatic heterocycles. The second-order valence-corrected chi connectivity index (χ2v) is 5.41. The summed E-state index contributed by atoms with van der Waals surface area (Å²) >= 11 is 3.58. The van der Waals surface area contributed by atoms with E-state index in [1.54, 1.807) is 0 Å². The van der Waals surface area contributed by atoms with Gasteiger partial charge in [0.15, 0.2) is 11.5 Å². The molecule has 0 unspecified atom stereocenters. The predicted molar refractivity (Wildman–Crippen MR) is 80.7 cm³/mol. The van der Waals surface area contributed by atoms with E-state index in [-0.39, 0.29) is 5.78 Å². The molecule has 0 saturated heterocycles. The molecule has 3 rings (SSSR count). The maximum absolute atomic E-state index is 11.9. The minimum atomic E-state index is 0.0645. The van der Waals surface area contributed by atoms with Crippen LogP contribution in [0.3, 0.4) is 0 Å². The minimum absolute atomic E-state index is 0.0645. The monoisotopic (exact) mass is 316 g/mol. The van der Waals surface area contributed by atoms with E-state index < -0.39 is 0 Å². The zero-order valence-corrected chi connectivity index (χ0v) is 12.2. The number of halogens is 1. The second-order valence-electron chi connectivity index (χ2n) is 4.61. The van der Waals surface area contributed by atoms with Gasteiger partial charge in [0.1, 0.15) is 5.58 Å². The topological polar surface area (TPSA) is 30.2 Å². The molecule has 0 atom stereocenters. The van der Waals surface area contributed by atoms with Gasteiger partial charge in [-0.15, -0.1) is 0 Å². The Labute approximate surface area is 119 Å². The Morgan fingerprint density at radius 3 is 2.79 bits per heavy atom. The van der Waals surface area contributed by atoms with Crippen LogP contribution in [-0.4, -0.2) is 5.78 Å². The van der Waals surface area contributed by atoms with Crippen molar-refractivity contribution in [2.24, 2.45) is 0 Å². The Hall–Kier alpha value is -1.61. The molecule has 2 aromatic carbocycles. The van der Waals surface area contributed by atoms with Crippen molar-refractivity contribution in [3.63, 3.8) is 0 Å². The number of benzene rings is 2. The molecule has 1 heterocycles. The molecule has 0 fully saturated rings. The van der Waals surface area contributed by atoms with E-state index in [0.717, 1.165) is 32.6 Å². The normalized spacial score (nSPS) is 11.3. The van der Waals surface area contributed by atoms with Gasteiger partial charge in [0.05, 0.1) is 4.47 Å². The Morgan fingerprint density at radius 1 is 1.21 bits per heavy atom. The quantitative estimate of drug-likeness (QED) is 0.611. The maximum Gasteiger partial charge on any atom is 0.198 e. The van der Waals surface area contributed by atoms with Crippen LogP contribution < -0.4 is 0 Å². The van der Waals surface area contributed by atoms with E-state index in [4.69, 9.17) is 4.42 Å². The maximum atomic E-state index is 11.9. The van der Waals surface area contributed by atoms with Gasteiger partial charge < -0.3 is 4.42 Å². The van der Waals surface area contributed by atoms with Crippen LogP contribution in [-0.2, 0) is 0 Å². The number of carbonyl (C=O) groups excluding carboxylic acids is 1. The Kier molecular flexibility index (Phi) is 3.15. The lowest BCUT2D eigenvalue weighted by Gasteiger charge is -2.00. The van der Waals surface area contributed by atoms with Gasteiger partial charge in [0.25, 0.3) is 0 Å². The minimum Gasteiger partial charge on any atom is -0.452 e. The summed E-state index contributed by atoms with van der Waals surface area (Å²) in [5.41, 5.74) is 0.748. The van der Waals surface area contributed by atoms with Crippen LogP contribution >= 0.6 is 15.9 Å². The number of hydrogen-bond acceptors (Lipinski definition) is 2. The SMILES string of the molecule is CCCC(=O)c1cc2cc3ccccc3c(Br)c2o1. The van der Waals surface area contributed by atoms with Crippen LogP contribution in [0.25, 0.3) is 21.7 Å². The van der Waals surface area contributed by atoms with Crippen LogP contribution in [0.15, 0.2) is 45.3 Å². The zero-order valence-electron chi connectivity index (χ0n) is 10.6. The van der Waals surface area contributed by atoms with E-state index in [1.165, 1.54) is 0 Å². The molecule has 2 nitrogen and oxygen atoms in total. The number of fused-ring (bicyclic) bond motifs is 2. The highest BCUT2D eigenvalue weighted by Gasteiger charge is 2.14. The van der Waals surface area contributed by atoms with Crippen molar-refractivity contribution in [2.45, 2.75) is 19.8 Å². The Balaban J connectivity index is 2.25. The Bertz CT molecular complexity index is 771. The third kappa shape index (κ3) is 2.08. The lowest BCUT2D eigenvalue weighted by Crippen LogP contribution is -1.94. The smallest absolute Gasteiger partial charge is 0.198 e. The zero-order chi connectivity index (χ0) is 13.4. The van der Waals surface area contributed by atoms with Crippen LogP contribution in [0.5, 0.6) is 0 Å². The highest BCUT2D eigenvalue weighted by Crippen LogP contribution is 2.34. The molecular weight excluding hydrogens is 304 g/mol. The molecule has 0 aliphatic rings. The number of hydrogen-bond donors (Lipinski definition) is 0. The fourth-order valence-corrected chi connectivity index (χ4v) is 2.96. The summed E-state index contributed by atoms with van der Waals surface area (Å²) in [4.78, 5) is 11.9. The summed E-state index contributed by atoms with van der Waals surface area (Å²) in [7, 11) is 0. The molecule has 0 bridgehead atoms. The summed E-state index contributed by atoms with van der Waals surface area (Å²) in [5, 5.41) is 3.20. The third-order valence-corrected chi connectivity index (χ3v) is 4.01. The summed E-state index contributed by atoms with van der Waals surface area (Å²) < 4.78 is 6.64. The van der Waals surface area contributed by atoms with Crippen LogP contribution in [0.4, 0.5) is 0 Å². The summed E-state index contributed by atoms with van der Waals surface area (Å²) in [6.07, 6.45) is 1.36. The van der Waals surface area contributed by atoms with Gasteiger partial charge in [-0.25, -0.2) is 0 Å². The average molecular weight is 317 g/mol. The second kappa shape index (κ2) is 4.82. The molecule has 0 spiro atoms. The van der Waals surface area contributed by atoms with Crippen molar-refractivity contribution in [3.05, 3.63) is 46.6 Å². The standard InChI is InChI=1S/C16H13BrO2/c1-2-5-13(18)14-9-11-8-10-6-3-4-7-12(10)15(17)16(11)19-14/h3-4,6-9H,2,5H2,1H3. The third-order valence-electron chi connectivity index (χ3n) is 3.22. The first kappa shape index (κ1) is 12.4. The van der Waals surface area contributed by atoms with Crippen LogP contribution in [0.1, 0.15) is 30.3 Å². The van der Waals surface area contributed by atoms with E-state index >= 15 is 0 Å². The fraction of sp³-hybridized carbons (Fsp3) is 0.188. The van der Waals surface area contributed by atoms with Crippen molar-refractivity contribution in [2.75, 3.05) is 0 Å². The molecule has 0 radical (unpaired) electrons. The number of ketones is 1. The molecule has 3 aromatic rings. The van der Waals surface area contributed by atoms with Crippen molar-refractivity contribution in [3.8, 4) is 0 Å². The van der Waals surface area contributed by atoms with Gasteiger partial charge in [0, 0.05) is 11.8 Å². The van der Waals surface area contributed by atoms with Gasteiger partial charge in [0.2, 0.25) is 0 Å². The fourth-order valence-electron chi connectivity index (χ4n) is 2.28. The number of furan rings is 1. The molecule has 0 N–H and O–H groups in total. The lowest BCUT2D eigenvalue weighted by molar-refractivity contribution is 0.0957. The van der Waals surface area contributed by atoms with Gasteiger partial charge in [-0.3, -0.25) is 4.79 Å². The molecule has 19 heavy (non-hydrogen) atoms. The van der Waals surface area contributed by atoms with Gasteiger partial charge in [-0.05, 0) is 45.3 Å². The first-order valence-corrected chi connectivity index (χ1v) is 7.14. The van der Waals surface area contributed by atoms with E-state index in [1.807, 2.05) is 31.2 Å². The van der Waals surface area contributed by atoms with Crippen LogP contribution in [0.2, 0.25) is 0 Å². The van der Waals surface area contributed by atoms with Gasteiger partial charge in [-0.1, -0.05) is 31.2 Å². The molecule has 0 aliphatic carbocycles. The molecule has 96 valence electrons. The van der Waals surface area contributed by atoms with E-state index in [2.05, 4.69) is 28.1 Å². The van der Waals surface area contributed by atoms with E-state index in [0.29, 0.717) is 12.2 Å². The van der Waals surface area contributed by atoms with Crippen molar-refractivity contribution >= 4 is 43.5 Å². The first-order chi connectivity index (χ1) is 9.20. The molecule has 0 amide bonds. The highest BCUT2D eigenvalue weighted by atomic mass is 79.9. The largest absolute Gasteiger partial charge is 0.452 e. The molecule has 3 heteroatoms. The van der Waals surface area contributed by atoms with Crippen molar-refractivity contribution in [1.29, 1.82) is 0 Å². The van der Waals surface area contributed by atoms with Crippen LogP contribution in [0, 0.1) is 0 Å².